The zero-order valence-electron chi connectivity index (χ0n) is 28.4. The minimum absolute atomic E-state index is 0.0918. The maximum absolute atomic E-state index is 2.68. The molecule has 4 aromatic rings. The van der Waals surface area contributed by atoms with Crippen LogP contribution in [0.5, 0.6) is 0 Å². The minimum atomic E-state index is -2.68. The molecule has 2 aliphatic carbocycles. The summed E-state index contributed by atoms with van der Waals surface area (Å²) in [6, 6.07) is 29.1. The number of hydrogen-bond donors (Lipinski definition) is 0. The van der Waals surface area contributed by atoms with Crippen LogP contribution in [0, 0.1) is 27.7 Å². The molecular formula is C43H48Zr. The Labute approximate surface area is 274 Å². The third kappa shape index (κ3) is 5.67. The number of benzene rings is 4. The molecule has 0 amide bonds. The van der Waals surface area contributed by atoms with Crippen LogP contribution in [0.2, 0.25) is 3.63 Å². The molecule has 2 aliphatic rings. The summed E-state index contributed by atoms with van der Waals surface area (Å²) in [5.74, 6) is 0. The number of rotatable bonds is 4. The monoisotopic (exact) mass is 654 g/mol. The second-order valence-electron chi connectivity index (χ2n) is 15.3. The van der Waals surface area contributed by atoms with Gasteiger partial charge in [0.2, 0.25) is 0 Å². The Balaban J connectivity index is 1.76. The van der Waals surface area contributed by atoms with Crippen molar-refractivity contribution in [3.63, 3.8) is 0 Å². The van der Waals surface area contributed by atoms with Crippen LogP contribution in [-0.4, -0.2) is 3.21 Å². The molecule has 4 aromatic carbocycles. The average Bonchev–Trinajstić information content (AvgIpc) is 3.57. The fourth-order valence-electron chi connectivity index (χ4n) is 7.61. The first-order valence-corrected chi connectivity index (χ1v) is 20.3. The molecule has 0 saturated carbocycles. The van der Waals surface area contributed by atoms with Crippen molar-refractivity contribution in [2.45, 2.75) is 87.3 Å². The zero-order chi connectivity index (χ0) is 31.6. The van der Waals surface area contributed by atoms with Crippen molar-refractivity contribution >= 4 is 3.21 Å². The van der Waals surface area contributed by atoms with E-state index in [1.807, 2.05) is 0 Å². The van der Waals surface area contributed by atoms with Crippen molar-refractivity contribution in [1.82, 2.24) is 0 Å². The summed E-state index contributed by atoms with van der Waals surface area (Å²) in [6.07, 6.45) is 9.63. The molecule has 0 radical (unpaired) electrons. The van der Waals surface area contributed by atoms with E-state index in [4.69, 9.17) is 0 Å². The number of fused-ring (bicyclic) bond motifs is 3. The van der Waals surface area contributed by atoms with Crippen molar-refractivity contribution in [2.75, 3.05) is 0 Å². The van der Waals surface area contributed by atoms with Crippen molar-refractivity contribution in [2.24, 2.45) is 0 Å². The van der Waals surface area contributed by atoms with E-state index in [-0.39, 0.29) is 10.8 Å². The van der Waals surface area contributed by atoms with Gasteiger partial charge in [0.1, 0.15) is 0 Å². The third-order valence-corrected chi connectivity index (χ3v) is 18.3. The Hall–Kier alpha value is -2.89. The van der Waals surface area contributed by atoms with Crippen LogP contribution in [0.25, 0.3) is 11.1 Å². The molecule has 6 rings (SSSR count). The van der Waals surface area contributed by atoms with Gasteiger partial charge in [0.05, 0.1) is 0 Å². The first-order chi connectivity index (χ1) is 20.7. The molecule has 0 atom stereocenters. The van der Waals surface area contributed by atoms with Gasteiger partial charge in [0, 0.05) is 0 Å². The van der Waals surface area contributed by atoms with Gasteiger partial charge in [-0.15, -0.1) is 0 Å². The molecule has 0 unspecified atom stereocenters. The van der Waals surface area contributed by atoms with Crippen molar-refractivity contribution in [1.29, 1.82) is 0 Å². The Morgan fingerprint density at radius 2 is 0.932 bits per heavy atom. The van der Waals surface area contributed by atoms with Crippen molar-refractivity contribution in [3.05, 3.63) is 153 Å². The number of hydrogen-bond acceptors (Lipinski definition) is 0. The second kappa shape index (κ2) is 11.5. The topological polar surface area (TPSA) is 0 Å². The fourth-order valence-corrected chi connectivity index (χ4v) is 16.9. The predicted molar refractivity (Wildman–Crippen MR) is 188 cm³/mol. The van der Waals surface area contributed by atoms with Crippen LogP contribution in [0.4, 0.5) is 0 Å². The number of allylic oxidation sites excluding steroid dienone is 4. The van der Waals surface area contributed by atoms with Gasteiger partial charge in [0.15, 0.2) is 0 Å². The van der Waals surface area contributed by atoms with E-state index >= 15 is 0 Å². The first-order valence-electron chi connectivity index (χ1n) is 16.3. The van der Waals surface area contributed by atoms with E-state index in [2.05, 4.69) is 166 Å². The Kier molecular flexibility index (Phi) is 8.12. The molecule has 0 nitrogen and oxygen atoms in total. The van der Waals surface area contributed by atoms with Crippen LogP contribution in [-0.2, 0) is 32.1 Å². The van der Waals surface area contributed by atoms with Gasteiger partial charge in [-0.25, -0.2) is 0 Å². The Morgan fingerprint density at radius 1 is 0.545 bits per heavy atom. The van der Waals surface area contributed by atoms with Gasteiger partial charge in [0.25, 0.3) is 0 Å². The van der Waals surface area contributed by atoms with E-state index in [9.17, 15) is 0 Å². The van der Waals surface area contributed by atoms with Crippen LogP contribution in [0.1, 0.15) is 101 Å². The molecular weight excluding hydrogens is 608 g/mol. The Morgan fingerprint density at radius 3 is 1.30 bits per heavy atom. The normalized spacial score (nSPS) is 14.7. The van der Waals surface area contributed by atoms with E-state index in [0.29, 0.717) is 7.25 Å². The molecule has 0 N–H and O–H groups in total. The van der Waals surface area contributed by atoms with Crippen LogP contribution in [0.3, 0.4) is 0 Å². The molecule has 0 fully saturated rings. The molecule has 0 spiro atoms. The summed E-state index contributed by atoms with van der Waals surface area (Å²) in [5, 5.41) is 0. The molecule has 0 bridgehead atoms. The van der Waals surface area contributed by atoms with E-state index < -0.39 is 21.3 Å². The Bertz CT molecular complexity index is 1700. The van der Waals surface area contributed by atoms with E-state index in [0.717, 1.165) is 0 Å². The summed E-state index contributed by atoms with van der Waals surface area (Å²) in [4.78, 5) is 0. The van der Waals surface area contributed by atoms with Gasteiger partial charge < -0.3 is 0 Å². The summed E-state index contributed by atoms with van der Waals surface area (Å²) in [5.41, 5.74) is 17.5. The predicted octanol–water partition coefficient (Wildman–Crippen LogP) is 11.4. The van der Waals surface area contributed by atoms with Gasteiger partial charge in [-0.2, -0.15) is 0 Å². The molecule has 44 heavy (non-hydrogen) atoms. The summed E-state index contributed by atoms with van der Waals surface area (Å²) in [6.45, 7) is 23.3. The molecule has 0 saturated heterocycles. The summed E-state index contributed by atoms with van der Waals surface area (Å²) >= 11 is -2.68. The molecule has 1 heteroatoms. The molecule has 0 aliphatic heterocycles. The average molecular weight is 656 g/mol. The second-order valence-corrected chi connectivity index (χ2v) is 21.8. The van der Waals surface area contributed by atoms with Gasteiger partial charge in [-0.1, -0.05) is 0 Å². The SMILES string of the molecule is Cc1ccc([C](c2ccc(C)cc2)=[Zr]([CH]2C=CC=C2)[CH]2c3cc(C)c(C(C)(C)C)cc3-c3cc(C(C)(C)C)c(C)cc32)cc1. The van der Waals surface area contributed by atoms with Crippen molar-refractivity contribution < 1.29 is 21.3 Å². The van der Waals surface area contributed by atoms with Crippen LogP contribution in [0.15, 0.2) is 97.1 Å². The molecule has 0 heterocycles. The number of aryl methyl sites for hydroxylation is 4. The van der Waals surface area contributed by atoms with Gasteiger partial charge >= 0.3 is 276 Å². The standard InChI is InChI=1S/C23H29.C15H14.C5H5.Zr/c1-14-9-16-11-17-10-15(2)21(23(6,7)8)13-19(17)18(16)12-20(14)22(3,4)5;1-12-3-7-14(8-4-12)11-15-9-5-13(2)6-10-15;1-2-4-5-3-1;/h9-13H,1-8H3;3-10H,1-2H3;1-5H;. The maximum atomic E-state index is 2.59. The van der Waals surface area contributed by atoms with Crippen molar-refractivity contribution in [3.8, 4) is 11.1 Å². The molecule has 0 aromatic heterocycles. The quantitative estimate of drug-likeness (QED) is 0.205. The summed E-state index contributed by atoms with van der Waals surface area (Å²) < 4.78 is 2.55. The van der Waals surface area contributed by atoms with Crippen LogP contribution >= 0.6 is 0 Å². The van der Waals surface area contributed by atoms with E-state index in [1.165, 1.54) is 55.6 Å². The summed E-state index contributed by atoms with van der Waals surface area (Å²) in [7, 11) is 0. The molecule has 224 valence electrons. The van der Waals surface area contributed by atoms with Gasteiger partial charge in [-0.3, -0.25) is 0 Å². The first kappa shape index (κ1) is 31.1. The zero-order valence-corrected chi connectivity index (χ0v) is 30.9. The van der Waals surface area contributed by atoms with E-state index in [1.54, 1.807) is 14.3 Å². The fraction of sp³-hybridized carbons (Fsp3) is 0.326. The third-order valence-electron chi connectivity index (χ3n) is 9.71. The van der Waals surface area contributed by atoms with Crippen LogP contribution < -0.4 is 0 Å². The van der Waals surface area contributed by atoms with Gasteiger partial charge in [-0.05, 0) is 0 Å².